The molecule has 3 heterocycles. The minimum Gasteiger partial charge on any atom is -0.481 e. The van der Waals surface area contributed by atoms with Crippen LogP contribution in [0, 0.1) is 18.3 Å². The molecule has 0 radical (unpaired) electrons. The predicted molar refractivity (Wildman–Crippen MR) is 156 cm³/mol. The van der Waals surface area contributed by atoms with E-state index in [-0.39, 0.29) is 12.5 Å². The molecule has 1 N–H and O–H groups in total. The number of pyridine rings is 1. The van der Waals surface area contributed by atoms with Gasteiger partial charge in [0.05, 0.1) is 31.4 Å². The average molecular weight is 561 g/mol. The minimum atomic E-state index is -1.08. The van der Waals surface area contributed by atoms with Crippen molar-refractivity contribution < 1.29 is 28.9 Å². The summed E-state index contributed by atoms with van der Waals surface area (Å²) in [6.45, 7) is 8.68. The maximum atomic E-state index is 14.2. The first-order valence-electron chi connectivity index (χ1n) is 14.4. The van der Waals surface area contributed by atoms with Crippen molar-refractivity contribution in [3.8, 4) is 5.88 Å². The number of benzene rings is 2. The number of nitrogens with zero attached hydrogens (tertiary/aromatic N) is 2. The van der Waals surface area contributed by atoms with Gasteiger partial charge < -0.3 is 24.2 Å². The molecule has 0 unspecified atom stereocenters. The van der Waals surface area contributed by atoms with E-state index in [2.05, 4.69) is 4.98 Å². The van der Waals surface area contributed by atoms with Crippen LogP contribution in [0.25, 0.3) is 10.9 Å². The molecule has 1 aromatic heterocycles. The van der Waals surface area contributed by atoms with E-state index in [1.165, 1.54) is 0 Å². The van der Waals surface area contributed by atoms with Crippen molar-refractivity contribution in [3.05, 3.63) is 71.3 Å². The maximum absolute atomic E-state index is 14.2. The number of aliphatic carboxylic acids is 1. The summed E-state index contributed by atoms with van der Waals surface area (Å²) < 4.78 is 18.3. The summed E-state index contributed by atoms with van der Waals surface area (Å²) in [4.78, 5) is 33.5. The van der Waals surface area contributed by atoms with E-state index in [0.717, 1.165) is 40.4 Å². The molecule has 5 rings (SSSR count). The summed E-state index contributed by atoms with van der Waals surface area (Å²) in [5, 5.41) is 11.6. The van der Waals surface area contributed by atoms with E-state index in [0.29, 0.717) is 18.9 Å². The topological polar surface area (TPSA) is 98.2 Å². The number of ether oxygens (including phenoxy) is 3. The number of likely N-dealkylation sites (tertiary alicyclic amines) is 1. The van der Waals surface area contributed by atoms with Crippen LogP contribution in [0.3, 0.4) is 0 Å². The largest absolute Gasteiger partial charge is 0.481 e. The van der Waals surface area contributed by atoms with E-state index in [4.69, 9.17) is 14.2 Å². The van der Waals surface area contributed by atoms with Gasteiger partial charge in [0.25, 0.3) is 5.91 Å². The number of aryl methyl sites for hydroxylation is 1. The fourth-order valence-corrected chi connectivity index (χ4v) is 6.54. The Morgan fingerprint density at radius 2 is 1.83 bits per heavy atom. The molecule has 0 saturated carbocycles. The summed E-state index contributed by atoms with van der Waals surface area (Å²) >= 11 is 0. The van der Waals surface area contributed by atoms with Crippen LogP contribution < -0.4 is 4.74 Å². The van der Waals surface area contributed by atoms with Crippen molar-refractivity contribution in [2.45, 2.75) is 77.9 Å². The second-order valence-electron chi connectivity index (χ2n) is 12.2. The van der Waals surface area contributed by atoms with E-state index >= 15 is 0 Å². The normalized spacial score (nSPS) is 24.9. The minimum absolute atomic E-state index is 0.148. The summed E-state index contributed by atoms with van der Waals surface area (Å²) in [6, 6.07) is 15.9. The molecule has 2 aliphatic heterocycles. The van der Waals surface area contributed by atoms with Crippen LogP contribution in [0.15, 0.2) is 54.6 Å². The van der Waals surface area contributed by atoms with Gasteiger partial charge in [-0.2, -0.15) is 0 Å². The molecule has 2 aromatic carbocycles. The Morgan fingerprint density at radius 3 is 2.49 bits per heavy atom. The van der Waals surface area contributed by atoms with Crippen LogP contribution in [0.5, 0.6) is 5.88 Å². The fraction of sp³-hybridized carbons (Fsp3) is 0.485. The molecule has 8 nitrogen and oxygen atoms in total. The number of fused-ring (bicyclic) bond motifs is 1. The van der Waals surface area contributed by atoms with E-state index in [1.54, 1.807) is 12.0 Å². The monoisotopic (exact) mass is 560 g/mol. The third kappa shape index (κ3) is 5.68. The number of carbonyl (C=O) groups excluding carboxylic acids is 1. The Morgan fingerprint density at radius 1 is 1.10 bits per heavy atom. The Bertz CT molecular complexity index is 1410. The summed E-state index contributed by atoms with van der Waals surface area (Å²) in [6.07, 6.45) is 1.07. The molecule has 41 heavy (non-hydrogen) atoms. The van der Waals surface area contributed by atoms with Crippen molar-refractivity contribution in [1.29, 1.82) is 0 Å². The number of methoxy groups -OCH3 is 1. The standard InChI is InChI=1S/C33H40N2O6/c1-20-12-6-8-14-23(20)27-29(41-19-22-18-21-13-7-9-15-24(21)34-30(22)39-5)26(33(2,3)4)28(32(37)38)35(27)31(36)25-16-10-11-17-40-25/h6-9,12-15,18,25-29H,10-11,16-17,19H2,1-5H3,(H,37,38)/t25-,26+,27-,28-,29-/m0/s1. The number of rotatable bonds is 7. The van der Waals surface area contributed by atoms with Crippen LogP contribution in [0.2, 0.25) is 0 Å². The highest BCUT2D eigenvalue weighted by atomic mass is 16.5. The Hall–Kier alpha value is -3.49. The molecule has 2 fully saturated rings. The van der Waals surface area contributed by atoms with Gasteiger partial charge in [-0.25, -0.2) is 9.78 Å². The number of carbonyl (C=O) groups is 2. The highest BCUT2D eigenvalue weighted by Gasteiger charge is 2.59. The zero-order valence-corrected chi connectivity index (χ0v) is 24.5. The van der Waals surface area contributed by atoms with Gasteiger partial charge in [0.1, 0.15) is 12.1 Å². The molecule has 0 bridgehead atoms. The molecule has 5 atom stereocenters. The zero-order valence-electron chi connectivity index (χ0n) is 24.5. The fourth-order valence-electron chi connectivity index (χ4n) is 6.54. The van der Waals surface area contributed by atoms with Gasteiger partial charge in [0, 0.05) is 23.5 Å². The number of carboxylic acids is 1. The summed E-state index contributed by atoms with van der Waals surface area (Å²) in [5.41, 5.74) is 2.92. The average Bonchev–Trinajstić information content (AvgIpc) is 3.31. The van der Waals surface area contributed by atoms with Gasteiger partial charge in [-0.1, -0.05) is 63.2 Å². The van der Waals surface area contributed by atoms with Crippen molar-refractivity contribution in [2.24, 2.45) is 11.3 Å². The first-order valence-corrected chi connectivity index (χ1v) is 14.4. The smallest absolute Gasteiger partial charge is 0.326 e. The zero-order chi connectivity index (χ0) is 29.3. The van der Waals surface area contributed by atoms with Gasteiger partial charge in [-0.05, 0) is 54.9 Å². The van der Waals surface area contributed by atoms with Gasteiger partial charge >= 0.3 is 5.97 Å². The lowest BCUT2D eigenvalue weighted by Crippen LogP contribution is -2.51. The Labute approximate surface area is 241 Å². The molecule has 0 aliphatic carbocycles. The second kappa shape index (κ2) is 11.8. The highest BCUT2D eigenvalue weighted by molar-refractivity contribution is 5.88. The number of hydrogen-bond acceptors (Lipinski definition) is 6. The molecule has 1 amide bonds. The first kappa shape index (κ1) is 29.0. The lowest BCUT2D eigenvalue weighted by molar-refractivity contribution is -0.159. The lowest BCUT2D eigenvalue weighted by Gasteiger charge is -2.35. The number of amides is 1. The van der Waals surface area contributed by atoms with E-state index in [9.17, 15) is 14.7 Å². The van der Waals surface area contributed by atoms with Gasteiger partial charge in [0.2, 0.25) is 5.88 Å². The third-order valence-electron chi connectivity index (χ3n) is 8.46. The number of aromatic nitrogens is 1. The molecule has 0 spiro atoms. The summed E-state index contributed by atoms with van der Waals surface area (Å²) in [5.74, 6) is -1.37. The van der Waals surface area contributed by atoms with Crippen molar-refractivity contribution >= 4 is 22.8 Å². The van der Waals surface area contributed by atoms with Crippen LogP contribution in [0.4, 0.5) is 0 Å². The van der Waals surface area contributed by atoms with Gasteiger partial charge in [-0.15, -0.1) is 0 Å². The number of carboxylic acid groups (broad SMARTS) is 1. The van der Waals surface area contributed by atoms with E-state index in [1.807, 2.05) is 82.3 Å². The molecule has 218 valence electrons. The number of hydrogen-bond donors (Lipinski definition) is 1. The molecule has 8 heteroatoms. The maximum Gasteiger partial charge on any atom is 0.326 e. The Balaban J connectivity index is 1.61. The molecule has 2 saturated heterocycles. The van der Waals surface area contributed by atoms with Crippen LogP contribution in [-0.4, -0.2) is 58.8 Å². The SMILES string of the molecule is COc1nc2ccccc2cc1CO[C@H]1[C@H](C(C)(C)C)[C@@H](C(=O)O)N(C(=O)[C@@H]2CCCCO2)[C@H]1c1ccccc1C. The molecular formula is C33H40N2O6. The Kier molecular flexibility index (Phi) is 8.34. The highest BCUT2D eigenvalue weighted by Crippen LogP contribution is 2.51. The van der Waals surface area contributed by atoms with Crippen molar-refractivity contribution in [3.63, 3.8) is 0 Å². The quantitative estimate of drug-likeness (QED) is 0.396. The van der Waals surface area contributed by atoms with Crippen LogP contribution >= 0.6 is 0 Å². The van der Waals surface area contributed by atoms with E-state index < -0.39 is 41.6 Å². The first-order chi connectivity index (χ1) is 19.6. The molecular weight excluding hydrogens is 520 g/mol. The third-order valence-corrected chi connectivity index (χ3v) is 8.46. The number of para-hydroxylation sites is 1. The van der Waals surface area contributed by atoms with Crippen LogP contribution in [-0.2, 0) is 25.7 Å². The lowest BCUT2D eigenvalue weighted by atomic mass is 9.73. The molecule has 2 aliphatic rings. The van der Waals surface area contributed by atoms with Crippen molar-refractivity contribution in [1.82, 2.24) is 9.88 Å². The van der Waals surface area contributed by atoms with Gasteiger partial charge in [-0.3, -0.25) is 4.79 Å². The van der Waals surface area contributed by atoms with Crippen LogP contribution in [0.1, 0.15) is 62.8 Å². The predicted octanol–water partition coefficient (Wildman–Crippen LogP) is 5.71. The van der Waals surface area contributed by atoms with Gasteiger partial charge in [0.15, 0.2) is 0 Å². The molecule has 3 aromatic rings. The summed E-state index contributed by atoms with van der Waals surface area (Å²) in [7, 11) is 1.58. The second-order valence-corrected chi connectivity index (χ2v) is 12.2. The van der Waals surface area contributed by atoms with Crippen molar-refractivity contribution in [2.75, 3.05) is 13.7 Å².